The number of amides is 1. The van der Waals surface area contributed by atoms with Crippen LogP contribution in [0.25, 0.3) is 0 Å². The third-order valence-corrected chi connectivity index (χ3v) is 5.73. The largest absolute Gasteiger partial charge is 0.481 e. The van der Waals surface area contributed by atoms with Crippen LogP contribution in [0, 0.1) is 0 Å². The number of nitrogens with zero attached hydrogens (tertiary/aromatic N) is 1. The summed E-state index contributed by atoms with van der Waals surface area (Å²) in [6, 6.07) is 13.3. The van der Waals surface area contributed by atoms with Crippen LogP contribution in [0.5, 0.6) is 11.5 Å². The molecule has 0 aromatic heterocycles. The predicted octanol–water partition coefficient (Wildman–Crippen LogP) is 4.05. The number of halogens is 1. The van der Waals surface area contributed by atoms with Crippen LogP contribution < -0.4 is 14.8 Å². The Morgan fingerprint density at radius 2 is 1.81 bits per heavy atom. The van der Waals surface area contributed by atoms with Crippen molar-refractivity contribution < 1.29 is 24.2 Å². The standard InChI is InChI=1S/C24H29ClN2O5/c1-17(19-6-8-20(25)9-7-19)27(12-2-4-24(29)30)13-3-11-26-23(28)15-18-5-10-21-22(14-18)32-16-31-21/h5-10,14,17H,2-4,11-13,15-16H2,1H3,(H,26,28)(H,29,30). The molecule has 0 fully saturated rings. The molecular weight excluding hydrogens is 432 g/mol. The Morgan fingerprint density at radius 1 is 1.09 bits per heavy atom. The molecule has 32 heavy (non-hydrogen) atoms. The van der Waals surface area contributed by atoms with Crippen LogP contribution in [0.3, 0.4) is 0 Å². The van der Waals surface area contributed by atoms with E-state index in [0.29, 0.717) is 36.0 Å². The molecular formula is C24H29ClN2O5. The monoisotopic (exact) mass is 460 g/mol. The number of fused-ring (bicyclic) bond motifs is 1. The second-order valence-electron chi connectivity index (χ2n) is 7.83. The zero-order chi connectivity index (χ0) is 22.9. The van der Waals surface area contributed by atoms with E-state index in [9.17, 15) is 9.59 Å². The van der Waals surface area contributed by atoms with Gasteiger partial charge in [-0.05, 0) is 61.7 Å². The lowest BCUT2D eigenvalue weighted by atomic mass is 10.1. The summed E-state index contributed by atoms with van der Waals surface area (Å²) in [6.07, 6.45) is 1.75. The summed E-state index contributed by atoms with van der Waals surface area (Å²) < 4.78 is 10.6. The van der Waals surface area contributed by atoms with Gasteiger partial charge in [-0.15, -0.1) is 0 Å². The van der Waals surface area contributed by atoms with Crippen LogP contribution in [-0.4, -0.2) is 48.3 Å². The molecule has 172 valence electrons. The van der Waals surface area contributed by atoms with E-state index < -0.39 is 5.97 Å². The van der Waals surface area contributed by atoms with Crippen molar-refractivity contribution in [1.29, 1.82) is 0 Å². The fraction of sp³-hybridized carbons (Fsp3) is 0.417. The van der Waals surface area contributed by atoms with Gasteiger partial charge in [-0.1, -0.05) is 29.8 Å². The number of benzene rings is 2. The predicted molar refractivity (Wildman–Crippen MR) is 122 cm³/mol. The highest BCUT2D eigenvalue weighted by molar-refractivity contribution is 6.30. The van der Waals surface area contributed by atoms with E-state index in [4.69, 9.17) is 26.2 Å². The lowest BCUT2D eigenvalue weighted by molar-refractivity contribution is -0.137. The summed E-state index contributed by atoms with van der Waals surface area (Å²) >= 11 is 6.00. The molecule has 7 nitrogen and oxygen atoms in total. The second-order valence-corrected chi connectivity index (χ2v) is 8.27. The van der Waals surface area contributed by atoms with Gasteiger partial charge in [-0.3, -0.25) is 14.5 Å². The number of carboxylic acid groups (broad SMARTS) is 1. The van der Waals surface area contributed by atoms with Crippen LogP contribution in [0.2, 0.25) is 5.02 Å². The van der Waals surface area contributed by atoms with Crippen molar-refractivity contribution in [2.24, 2.45) is 0 Å². The number of ether oxygens (including phenoxy) is 2. The highest BCUT2D eigenvalue weighted by Crippen LogP contribution is 2.32. The Morgan fingerprint density at radius 3 is 2.56 bits per heavy atom. The van der Waals surface area contributed by atoms with E-state index in [0.717, 1.165) is 24.1 Å². The molecule has 0 saturated heterocycles. The van der Waals surface area contributed by atoms with Crippen molar-refractivity contribution in [3.05, 3.63) is 58.6 Å². The molecule has 0 bridgehead atoms. The number of carboxylic acids is 1. The molecule has 1 aliphatic rings. The third-order valence-electron chi connectivity index (χ3n) is 5.48. The van der Waals surface area contributed by atoms with Crippen molar-refractivity contribution >= 4 is 23.5 Å². The smallest absolute Gasteiger partial charge is 0.303 e. The van der Waals surface area contributed by atoms with Crippen molar-refractivity contribution in [3.8, 4) is 11.5 Å². The lowest BCUT2D eigenvalue weighted by Crippen LogP contribution is -2.33. The zero-order valence-corrected chi connectivity index (χ0v) is 18.9. The van der Waals surface area contributed by atoms with Crippen molar-refractivity contribution in [3.63, 3.8) is 0 Å². The minimum atomic E-state index is -0.792. The molecule has 2 aromatic carbocycles. The minimum Gasteiger partial charge on any atom is -0.481 e. The average molecular weight is 461 g/mol. The Labute approximate surface area is 193 Å². The number of hydrogen-bond donors (Lipinski definition) is 2. The Kier molecular flexibility index (Phi) is 8.76. The molecule has 1 unspecified atom stereocenters. The fourth-order valence-corrected chi connectivity index (χ4v) is 3.82. The van der Waals surface area contributed by atoms with E-state index >= 15 is 0 Å². The molecule has 8 heteroatoms. The molecule has 1 amide bonds. The quantitative estimate of drug-likeness (QED) is 0.465. The summed E-state index contributed by atoms with van der Waals surface area (Å²) in [4.78, 5) is 25.5. The highest BCUT2D eigenvalue weighted by atomic mass is 35.5. The van der Waals surface area contributed by atoms with E-state index in [1.807, 2.05) is 42.5 Å². The van der Waals surface area contributed by atoms with Crippen LogP contribution in [0.4, 0.5) is 0 Å². The van der Waals surface area contributed by atoms with Crippen LogP contribution in [-0.2, 0) is 16.0 Å². The first kappa shape index (κ1) is 23.9. The summed E-state index contributed by atoms with van der Waals surface area (Å²) in [6.45, 7) is 4.27. The van der Waals surface area contributed by atoms with E-state index in [1.54, 1.807) is 0 Å². The van der Waals surface area contributed by atoms with Crippen molar-refractivity contribution in [2.75, 3.05) is 26.4 Å². The van der Waals surface area contributed by atoms with Gasteiger partial charge in [0.1, 0.15) is 0 Å². The number of carbonyl (C=O) groups excluding carboxylic acids is 1. The van der Waals surface area contributed by atoms with Gasteiger partial charge >= 0.3 is 5.97 Å². The van der Waals surface area contributed by atoms with Gasteiger partial charge in [-0.2, -0.15) is 0 Å². The van der Waals surface area contributed by atoms with Crippen LogP contribution in [0.1, 0.15) is 43.4 Å². The van der Waals surface area contributed by atoms with E-state index in [-0.39, 0.29) is 31.6 Å². The molecule has 1 aliphatic heterocycles. The molecule has 0 aliphatic carbocycles. The Hall–Kier alpha value is -2.77. The molecule has 1 heterocycles. The molecule has 0 spiro atoms. The Bertz CT molecular complexity index is 919. The first-order valence-electron chi connectivity index (χ1n) is 10.8. The summed E-state index contributed by atoms with van der Waals surface area (Å²) in [5.74, 6) is 0.530. The summed E-state index contributed by atoms with van der Waals surface area (Å²) in [5.41, 5.74) is 2.00. The normalized spacial score (nSPS) is 13.2. The minimum absolute atomic E-state index is 0.0490. The van der Waals surface area contributed by atoms with Crippen LogP contribution >= 0.6 is 11.6 Å². The number of aliphatic carboxylic acids is 1. The average Bonchev–Trinajstić information content (AvgIpc) is 3.23. The Balaban J connectivity index is 1.47. The first-order chi connectivity index (χ1) is 15.4. The molecule has 3 rings (SSSR count). The summed E-state index contributed by atoms with van der Waals surface area (Å²) in [5, 5.41) is 12.6. The SMILES string of the molecule is CC(c1ccc(Cl)cc1)N(CCCNC(=O)Cc1ccc2c(c1)OCO2)CCCC(=O)O. The third kappa shape index (κ3) is 7.14. The van der Waals surface area contributed by atoms with Gasteiger partial charge < -0.3 is 19.9 Å². The van der Waals surface area contributed by atoms with E-state index in [2.05, 4.69) is 17.1 Å². The van der Waals surface area contributed by atoms with Gasteiger partial charge in [0.05, 0.1) is 6.42 Å². The molecule has 1 atom stereocenters. The fourth-order valence-electron chi connectivity index (χ4n) is 3.69. The van der Waals surface area contributed by atoms with Crippen LogP contribution in [0.15, 0.2) is 42.5 Å². The topological polar surface area (TPSA) is 88.1 Å². The van der Waals surface area contributed by atoms with Gasteiger partial charge in [0.2, 0.25) is 12.7 Å². The maximum atomic E-state index is 12.3. The van der Waals surface area contributed by atoms with E-state index in [1.165, 1.54) is 0 Å². The maximum Gasteiger partial charge on any atom is 0.303 e. The van der Waals surface area contributed by atoms with Gasteiger partial charge in [0.25, 0.3) is 0 Å². The molecule has 2 aromatic rings. The maximum absolute atomic E-state index is 12.3. The number of rotatable bonds is 12. The second kappa shape index (κ2) is 11.7. The molecule has 0 saturated carbocycles. The number of carbonyl (C=O) groups is 2. The van der Waals surface area contributed by atoms with Gasteiger partial charge in [0, 0.05) is 30.6 Å². The summed E-state index contributed by atoms with van der Waals surface area (Å²) in [7, 11) is 0. The number of hydrogen-bond acceptors (Lipinski definition) is 5. The van der Waals surface area contributed by atoms with Crippen molar-refractivity contribution in [2.45, 2.75) is 38.6 Å². The number of nitrogens with one attached hydrogen (secondary N) is 1. The lowest BCUT2D eigenvalue weighted by Gasteiger charge is -2.29. The van der Waals surface area contributed by atoms with Gasteiger partial charge in [-0.25, -0.2) is 0 Å². The van der Waals surface area contributed by atoms with Crippen molar-refractivity contribution in [1.82, 2.24) is 10.2 Å². The highest BCUT2D eigenvalue weighted by Gasteiger charge is 2.17. The van der Waals surface area contributed by atoms with Gasteiger partial charge in [0.15, 0.2) is 11.5 Å². The molecule has 2 N–H and O–H groups in total. The molecule has 0 radical (unpaired) electrons. The first-order valence-corrected chi connectivity index (χ1v) is 11.2. The zero-order valence-electron chi connectivity index (χ0n) is 18.2.